The Hall–Kier alpha value is -1.84. The van der Waals surface area contributed by atoms with Crippen LogP contribution < -0.4 is 5.32 Å². The van der Waals surface area contributed by atoms with E-state index in [0.29, 0.717) is 21.8 Å². The number of anilines is 1. The quantitative estimate of drug-likeness (QED) is 0.902. The van der Waals surface area contributed by atoms with Gasteiger partial charge in [-0.25, -0.2) is 0 Å². The molecule has 0 unspecified atom stereocenters. The van der Waals surface area contributed by atoms with E-state index < -0.39 is 0 Å². The van der Waals surface area contributed by atoms with Gasteiger partial charge in [0.2, 0.25) is 0 Å². The van der Waals surface area contributed by atoms with E-state index >= 15 is 0 Å². The summed E-state index contributed by atoms with van der Waals surface area (Å²) < 4.78 is 0. The molecule has 2 aromatic carbocycles. The number of hydrogen-bond donors (Lipinski definition) is 2. The summed E-state index contributed by atoms with van der Waals surface area (Å²) in [5, 5.41) is 12.5. The van der Waals surface area contributed by atoms with Gasteiger partial charge >= 0.3 is 0 Å². The number of amides is 1. The standard InChI is InChI=1S/C15H14ClNO2/c1-10-6-12(8-13(16)7-10)15(19)17-14-5-3-2-4-11(14)9-18/h2-8,18H,9H2,1H3,(H,17,19). The molecule has 4 heteroatoms. The highest BCUT2D eigenvalue weighted by Crippen LogP contribution is 2.18. The first-order valence-electron chi connectivity index (χ1n) is 5.87. The van der Waals surface area contributed by atoms with Crippen LogP contribution in [0.2, 0.25) is 5.02 Å². The lowest BCUT2D eigenvalue weighted by Gasteiger charge is -2.10. The molecule has 0 spiro atoms. The Morgan fingerprint density at radius 2 is 2.00 bits per heavy atom. The smallest absolute Gasteiger partial charge is 0.255 e. The number of carbonyl (C=O) groups is 1. The number of benzene rings is 2. The third-order valence-corrected chi connectivity index (χ3v) is 2.96. The first-order chi connectivity index (χ1) is 9.10. The van der Waals surface area contributed by atoms with Crippen molar-refractivity contribution >= 4 is 23.2 Å². The fraction of sp³-hybridized carbons (Fsp3) is 0.133. The van der Waals surface area contributed by atoms with Crippen LogP contribution in [-0.4, -0.2) is 11.0 Å². The Balaban J connectivity index is 2.25. The minimum absolute atomic E-state index is 0.120. The van der Waals surface area contributed by atoms with Gasteiger partial charge in [0.05, 0.1) is 6.61 Å². The zero-order valence-electron chi connectivity index (χ0n) is 10.5. The van der Waals surface area contributed by atoms with Crippen molar-refractivity contribution in [2.24, 2.45) is 0 Å². The van der Waals surface area contributed by atoms with Crippen molar-refractivity contribution in [3.63, 3.8) is 0 Å². The van der Waals surface area contributed by atoms with Crippen LogP contribution in [-0.2, 0) is 6.61 Å². The normalized spacial score (nSPS) is 10.3. The molecule has 0 aliphatic carbocycles. The van der Waals surface area contributed by atoms with Gasteiger partial charge in [-0.05, 0) is 36.8 Å². The van der Waals surface area contributed by atoms with E-state index in [4.69, 9.17) is 11.6 Å². The summed E-state index contributed by atoms with van der Waals surface area (Å²) in [5.74, 6) is -0.244. The zero-order valence-corrected chi connectivity index (χ0v) is 11.2. The van der Waals surface area contributed by atoms with Crippen molar-refractivity contribution < 1.29 is 9.90 Å². The maximum absolute atomic E-state index is 12.1. The van der Waals surface area contributed by atoms with Crippen LogP contribution in [0.3, 0.4) is 0 Å². The molecule has 2 N–H and O–H groups in total. The number of para-hydroxylation sites is 1. The van der Waals surface area contributed by atoms with E-state index in [1.165, 1.54) is 0 Å². The summed E-state index contributed by atoms with van der Waals surface area (Å²) >= 11 is 5.94. The molecule has 19 heavy (non-hydrogen) atoms. The second-order valence-corrected chi connectivity index (χ2v) is 4.72. The summed E-state index contributed by atoms with van der Waals surface area (Å²) in [6, 6.07) is 12.3. The van der Waals surface area contributed by atoms with Gasteiger partial charge in [0, 0.05) is 21.8 Å². The van der Waals surface area contributed by atoms with Crippen molar-refractivity contribution in [2.75, 3.05) is 5.32 Å². The highest BCUT2D eigenvalue weighted by atomic mass is 35.5. The molecule has 0 radical (unpaired) electrons. The molecule has 0 fully saturated rings. The minimum Gasteiger partial charge on any atom is -0.392 e. The lowest BCUT2D eigenvalue weighted by Crippen LogP contribution is -2.13. The second-order valence-electron chi connectivity index (χ2n) is 4.29. The van der Waals surface area contributed by atoms with E-state index in [1.54, 1.807) is 36.4 Å². The molecule has 3 nitrogen and oxygen atoms in total. The first-order valence-corrected chi connectivity index (χ1v) is 6.25. The van der Waals surface area contributed by atoms with Crippen LogP contribution in [0.5, 0.6) is 0 Å². The largest absolute Gasteiger partial charge is 0.392 e. The third-order valence-electron chi connectivity index (χ3n) is 2.74. The predicted molar refractivity (Wildman–Crippen MR) is 76.5 cm³/mol. The molecule has 0 atom stereocenters. The fourth-order valence-electron chi connectivity index (χ4n) is 1.84. The van der Waals surface area contributed by atoms with Crippen LogP contribution in [0.1, 0.15) is 21.5 Å². The first kappa shape index (κ1) is 13.6. The Labute approximate surface area is 116 Å². The van der Waals surface area contributed by atoms with Gasteiger partial charge in [0.25, 0.3) is 5.91 Å². The fourth-order valence-corrected chi connectivity index (χ4v) is 2.13. The molecule has 0 aliphatic heterocycles. The molecule has 0 aliphatic rings. The van der Waals surface area contributed by atoms with E-state index in [0.717, 1.165) is 5.56 Å². The number of carbonyl (C=O) groups excluding carboxylic acids is 1. The molecule has 0 saturated heterocycles. The van der Waals surface area contributed by atoms with Crippen LogP contribution in [0.25, 0.3) is 0 Å². The van der Waals surface area contributed by atoms with E-state index in [9.17, 15) is 9.90 Å². The highest BCUT2D eigenvalue weighted by molar-refractivity contribution is 6.31. The number of aliphatic hydroxyl groups is 1. The number of nitrogens with one attached hydrogen (secondary N) is 1. The Bertz CT molecular complexity index is 591. The lowest BCUT2D eigenvalue weighted by molar-refractivity contribution is 0.102. The Morgan fingerprint density at radius 3 is 2.68 bits per heavy atom. The van der Waals surface area contributed by atoms with Crippen molar-refractivity contribution in [2.45, 2.75) is 13.5 Å². The summed E-state index contributed by atoms with van der Waals surface area (Å²) in [6.07, 6.45) is 0. The number of aryl methyl sites for hydroxylation is 1. The van der Waals surface area contributed by atoms with Crippen molar-refractivity contribution in [3.8, 4) is 0 Å². The van der Waals surface area contributed by atoms with Crippen molar-refractivity contribution in [1.82, 2.24) is 0 Å². The highest BCUT2D eigenvalue weighted by Gasteiger charge is 2.09. The number of rotatable bonds is 3. The number of aliphatic hydroxyl groups excluding tert-OH is 1. The molecular weight excluding hydrogens is 262 g/mol. The lowest BCUT2D eigenvalue weighted by atomic mass is 10.1. The average Bonchev–Trinajstić information content (AvgIpc) is 2.38. The molecule has 1 amide bonds. The van der Waals surface area contributed by atoms with Crippen LogP contribution in [0.4, 0.5) is 5.69 Å². The third kappa shape index (κ3) is 3.34. The molecule has 0 aromatic heterocycles. The maximum Gasteiger partial charge on any atom is 0.255 e. The molecule has 0 bridgehead atoms. The zero-order chi connectivity index (χ0) is 13.8. The van der Waals surface area contributed by atoms with Gasteiger partial charge < -0.3 is 10.4 Å². The second kappa shape index (κ2) is 5.87. The monoisotopic (exact) mass is 275 g/mol. The molecular formula is C15H14ClNO2. The van der Waals surface area contributed by atoms with Gasteiger partial charge in [0.15, 0.2) is 0 Å². The minimum atomic E-state index is -0.244. The van der Waals surface area contributed by atoms with Gasteiger partial charge in [0.1, 0.15) is 0 Å². The summed E-state index contributed by atoms with van der Waals surface area (Å²) in [6.45, 7) is 1.76. The van der Waals surface area contributed by atoms with Crippen LogP contribution in [0, 0.1) is 6.92 Å². The molecule has 98 valence electrons. The van der Waals surface area contributed by atoms with Crippen LogP contribution in [0.15, 0.2) is 42.5 Å². The average molecular weight is 276 g/mol. The van der Waals surface area contributed by atoms with Gasteiger partial charge in [-0.15, -0.1) is 0 Å². The SMILES string of the molecule is Cc1cc(Cl)cc(C(=O)Nc2ccccc2CO)c1. The van der Waals surface area contributed by atoms with E-state index in [2.05, 4.69) is 5.32 Å². The van der Waals surface area contributed by atoms with Crippen LogP contribution >= 0.6 is 11.6 Å². The van der Waals surface area contributed by atoms with Crippen molar-refractivity contribution in [1.29, 1.82) is 0 Å². The van der Waals surface area contributed by atoms with Gasteiger partial charge in [-0.2, -0.15) is 0 Å². The van der Waals surface area contributed by atoms with E-state index in [1.807, 2.05) is 13.0 Å². The number of halogens is 1. The summed E-state index contributed by atoms with van der Waals surface area (Å²) in [7, 11) is 0. The van der Waals surface area contributed by atoms with Crippen molar-refractivity contribution in [3.05, 3.63) is 64.2 Å². The van der Waals surface area contributed by atoms with Gasteiger partial charge in [-0.1, -0.05) is 29.8 Å². The molecule has 0 heterocycles. The summed E-state index contributed by atoms with van der Waals surface area (Å²) in [4.78, 5) is 12.1. The molecule has 0 saturated carbocycles. The number of hydrogen-bond acceptors (Lipinski definition) is 2. The molecule has 2 aromatic rings. The predicted octanol–water partition coefficient (Wildman–Crippen LogP) is 3.39. The van der Waals surface area contributed by atoms with Gasteiger partial charge in [-0.3, -0.25) is 4.79 Å². The summed E-state index contributed by atoms with van der Waals surface area (Å²) in [5.41, 5.74) is 2.70. The topological polar surface area (TPSA) is 49.3 Å². The maximum atomic E-state index is 12.1. The molecule has 2 rings (SSSR count). The Kier molecular flexibility index (Phi) is 4.20. The Morgan fingerprint density at radius 1 is 1.26 bits per heavy atom. The van der Waals surface area contributed by atoms with E-state index in [-0.39, 0.29) is 12.5 Å².